The predicted molar refractivity (Wildman–Crippen MR) is 100 cm³/mol. The summed E-state index contributed by atoms with van der Waals surface area (Å²) in [5, 5.41) is 0. The van der Waals surface area contributed by atoms with Crippen molar-refractivity contribution in [3.8, 4) is 0 Å². The second kappa shape index (κ2) is 7.25. The number of amides is 4. The molecule has 0 N–H and O–H groups in total. The lowest BCUT2D eigenvalue weighted by atomic mass is 9.85. The van der Waals surface area contributed by atoms with Crippen LogP contribution in [-0.2, 0) is 9.59 Å². The summed E-state index contributed by atoms with van der Waals surface area (Å²) in [6, 6.07) is 2.78. The fourth-order valence-electron chi connectivity index (χ4n) is 4.12. The summed E-state index contributed by atoms with van der Waals surface area (Å²) in [4.78, 5) is 52.3. The van der Waals surface area contributed by atoms with Gasteiger partial charge in [0.2, 0.25) is 0 Å². The van der Waals surface area contributed by atoms with Gasteiger partial charge < -0.3 is 0 Å². The Labute approximate surface area is 159 Å². The number of hydrogen-bond acceptors (Lipinski definition) is 4. The molecule has 0 bridgehead atoms. The first-order chi connectivity index (χ1) is 12.7. The van der Waals surface area contributed by atoms with Gasteiger partial charge in [-0.05, 0) is 62.3 Å². The van der Waals surface area contributed by atoms with E-state index in [0.717, 1.165) is 45.8 Å². The van der Waals surface area contributed by atoms with Crippen LogP contribution in [0.4, 0.5) is 4.79 Å². The van der Waals surface area contributed by atoms with E-state index >= 15 is 0 Å². The second-order valence-corrected chi connectivity index (χ2v) is 7.85. The molecular weight excluding hydrogens is 344 g/mol. The van der Waals surface area contributed by atoms with Crippen LogP contribution in [0.2, 0.25) is 0 Å². The standard InChI is InChI=1S/C21H26N2O4/c1-12-7-5-6-8-17(12)23-20(26)19(25)22(21(23)27)11-18(24)16-10-14(3)13(2)9-15(16)4/h9-10,12,17H,5-8,11H2,1-4H3/t12-,17+/m1/s1. The summed E-state index contributed by atoms with van der Waals surface area (Å²) in [5.41, 5.74) is 3.32. The number of hydrogen-bond donors (Lipinski definition) is 0. The first-order valence-corrected chi connectivity index (χ1v) is 9.52. The normalized spacial score (nSPS) is 23.3. The minimum atomic E-state index is -0.896. The molecule has 1 aromatic carbocycles. The zero-order chi connectivity index (χ0) is 19.9. The molecule has 1 aliphatic carbocycles. The topological polar surface area (TPSA) is 74.8 Å². The quantitative estimate of drug-likeness (QED) is 0.463. The van der Waals surface area contributed by atoms with Crippen LogP contribution in [0.15, 0.2) is 12.1 Å². The monoisotopic (exact) mass is 370 g/mol. The van der Waals surface area contributed by atoms with Crippen molar-refractivity contribution in [2.45, 2.75) is 59.4 Å². The van der Waals surface area contributed by atoms with Crippen LogP contribution in [-0.4, -0.2) is 46.0 Å². The van der Waals surface area contributed by atoms with Gasteiger partial charge in [0, 0.05) is 11.6 Å². The average Bonchev–Trinajstić information content (AvgIpc) is 2.82. The fourth-order valence-corrected chi connectivity index (χ4v) is 4.12. The Kier molecular flexibility index (Phi) is 5.18. The molecule has 6 nitrogen and oxygen atoms in total. The van der Waals surface area contributed by atoms with E-state index in [0.29, 0.717) is 12.0 Å². The highest BCUT2D eigenvalue weighted by atomic mass is 16.2. The van der Waals surface area contributed by atoms with Crippen molar-refractivity contribution in [3.63, 3.8) is 0 Å². The van der Waals surface area contributed by atoms with Crippen LogP contribution in [0.5, 0.6) is 0 Å². The zero-order valence-electron chi connectivity index (χ0n) is 16.4. The van der Waals surface area contributed by atoms with Crippen molar-refractivity contribution in [1.29, 1.82) is 0 Å². The number of benzene rings is 1. The SMILES string of the molecule is Cc1cc(C)c(C(=O)CN2C(=O)C(=O)N([C@H]3CCCC[C@H]3C)C2=O)cc1C. The van der Waals surface area contributed by atoms with E-state index in [1.165, 1.54) is 0 Å². The van der Waals surface area contributed by atoms with Gasteiger partial charge in [-0.15, -0.1) is 0 Å². The molecule has 6 heteroatoms. The molecule has 1 saturated carbocycles. The van der Waals surface area contributed by atoms with Gasteiger partial charge >= 0.3 is 17.8 Å². The van der Waals surface area contributed by atoms with Crippen molar-refractivity contribution >= 4 is 23.6 Å². The number of Topliss-reactive ketones (excluding diaryl/α,β-unsaturated/α-hetero) is 1. The molecule has 2 aliphatic rings. The van der Waals surface area contributed by atoms with Gasteiger partial charge in [-0.3, -0.25) is 19.3 Å². The van der Waals surface area contributed by atoms with Crippen molar-refractivity contribution in [3.05, 3.63) is 34.4 Å². The van der Waals surface area contributed by atoms with Gasteiger partial charge in [-0.25, -0.2) is 9.69 Å². The van der Waals surface area contributed by atoms with Gasteiger partial charge in [0.05, 0.1) is 6.54 Å². The first kappa shape index (κ1) is 19.3. The molecule has 2 fully saturated rings. The summed E-state index contributed by atoms with van der Waals surface area (Å²) in [7, 11) is 0. The number of imide groups is 2. The second-order valence-electron chi connectivity index (χ2n) is 7.85. The highest BCUT2D eigenvalue weighted by molar-refractivity contribution is 6.45. The highest BCUT2D eigenvalue weighted by Crippen LogP contribution is 2.31. The lowest BCUT2D eigenvalue weighted by molar-refractivity contribution is -0.144. The summed E-state index contributed by atoms with van der Waals surface area (Å²) in [6.45, 7) is 7.30. The van der Waals surface area contributed by atoms with Gasteiger partial charge in [-0.1, -0.05) is 25.8 Å². The van der Waals surface area contributed by atoms with Crippen molar-refractivity contribution < 1.29 is 19.2 Å². The molecule has 1 heterocycles. The molecule has 144 valence electrons. The zero-order valence-corrected chi connectivity index (χ0v) is 16.4. The smallest absolute Gasteiger partial charge is 0.292 e. The Balaban J connectivity index is 1.82. The third kappa shape index (κ3) is 3.40. The Morgan fingerprint density at radius 1 is 0.963 bits per heavy atom. The average molecular weight is 370 g/mol. The predicted octanol–water partition coefficient (Wildman–Crippen LogP) is 3.16. The van der Waals surface area contributed by atoms with E-state index in [1.54, 1.807) is 6.07 Å². The third-order valence-corrected chi connectivity index (χ3v) is 5.92. The lowest BCUT2D eigenvalue weighted by Crippen LogP contribution is -2.46. The number of aryl methyl sites for hydroxylation is 3. The molecule has 0 radical (unpaired) electrons. The van der Waals surface area contributed by atoms with E-state index in [4.69, 9.17) is 0 Å². The Morgan fingerprint density at radius 3 is 2.26 bits per heavy atom. The Bertz CT molecular complexity index is 830. The molecule has 3 rings (SSSR count). The molecule has 1 aliphatic heterocycles. The van der Waals surface area contributed by atoms with E-state index in [9.17, 15) is 19.2 Å². The number of nitrogens with zero attached hydrogens (tertiary/aromatic N) is 2. The molecular formula is C21H26N2O4. The third-order valence-electron chi connectivity index (χ3n) is 5.92. The van der Waals surface area contributed by atoms with Gasteiger partial charge in [-0.2, -0.15) is 0 Å². The van der Waals surface area contributed by atoms with E-state index in [-0.39, 0.29) is 17.7 Å². The molecule has 1 aromatic rings. The van der Waals surface area contributed by atoms with Gasteiger partial charge in [0.1, 0.15) is 0 Å². The largest absolute Gasteiger partial charge is 0.334 e. The summed E-state index contributed by atoms with van der Waals surface area (Å²) in [6.07, 6.45) is 3.64. The molecule has 0 aromatic heterocycles. The summed E-state index contributed by atoms with van der Waals surface area (Å²) in [5.74, 6) is -1.86. The van der Waals surface area contributed by atoms with Crippen molar-refractivity contribution in [2.75, 3.05) is 6.54 Å². The molecule has 0 spiro atoms. The van der Waals surface area contributed by atoms with Crippen LogP contribution >= 0.6 is 0 Å². The summed E-state index contributed by atoms with van der Waals surface area (Å²) >= 11 is 0. The first-order valence-electron chi connectivity index (χ1n) is 9.52. The highest BCUT2D eigenvalue weighted by Gasteiger charge is 2.49. The van der Waals surface area contributed by atoms with Crippen molar-refractivity contribution in [2.24, 2.45) is 5.92 Å². The lowest BCUT2D eigenvalue weighted by Gasteiger charge is -2.34. The van der Waals surface area contributed by atoms with Crippen LogP contribution in [0, 0.1) is 26.7 Å². The maximum absolute atomic E-state index is 12.8. The van der Waals surface area contributed by atoms with Crippen molar-refractivity contribution in [1.82, 2.24) is 9.80 Å². The van der Waals surface area contributed by atoms with Crippen LogP contribution in [0.3, 0.4) is 0 Å². The van der Waals surface area contributed by atoms with Gasteiger partial charge in [0.15, 0.2) is 5.78 Å². The van der Waals surface area contributed by atoms with E-state index in [1.807, 2.05) is 33.8 Å². The number of ketones is 1. The van der Waals surface area contributed by atoms with Gasteiger partial charge in [0.25, 0.3) is 0 Å². The fraction of sp³-hybridized carbons (Fsp3) is 0.524. The molecule has 2 atom stereocenters. The van der Waals surface area contributed by atoms with Crippen LogP contribution in [0.25, 0.3) is 0 Å². The Morgan fingerprint density at radius 2 is 1.59 bits per heavy atom. The number of carbonyl (C=O) groups is 4. The minimum absolute atomic E-state index is 0.164. The molecule has 27 heavy (non-hydrogen) atoms. The molecule has 4 amide bonds. The maximum Gasteiger partial charge on any atom is 0.334 e. The maximum atomic E-state index is 12.8. The Hall–Kier alpha value is -2.50. The van der Waals surface area contributed by atoms with E-state index in [2.05, 4.69) is 0 Å². The number of rotatable bonds is 4. The van der Waals surface area contributed by atoms with Crippen LogP contribution < -0.4 is 0 Å². The van der Waals surface area contributed by atoms with Crippen LogP contribution in [0.1, 0.15) is 59.7 Å². The summed E-state index contributed by atoms with van der Waals surface area (Å²) < 4.78 is 0. The minimum Gasteiger partial charge on any atom is -0.292 e. The van der Waals surface area contributed by atoms with E-state index < -0.39 is 24.4 Å². The molecule has 1 saturated heterocycles. The number of carbonyl (C=O) groups excluding carboxylic acids is 4. The molecule has 0 unspecified atom stereocenters. The number of urea groups is 1.